The fourth-order valence-corrected chi connectivity index (χ4v) is 2.25. The van der Waals surface area contributed by atoms with Crippen LogP contribution in [0.15, 0.2) is 22.9 Å². The molecule has 0 spiro atoms. The number of rotatable bonds is 2. The Balaban J connectivity index is 2.79. The molecule has 0 N–H and O–H groups in total. The van der Waals surface area contributed by atoms with Gasteiger partial charge in [0.15, 0.2) is 5.78 Å². The Morgan fingerprint density at radius 1 is 1.14 bits per heavy atom. The van der Waals surface area contributed by atoms with Crippen LogP contribution in [0.4, 0.5) is 0 Å². The predicted molar refractivity (Wildman–Crippen MR) is 61.0 cm³/mol. The van der Waals surface area contributed by atoms with Crippen molar-refractivity contribution >= 4 is 17.5 Å². The molecule has 0 atom stereocenters. The van der Waals surface area contributed by atoms with Gasteiger partial charge in [0.05, 0.1) is 4.91 Å². The molecule has 0 bridgehead atoms. The second-order valence-corrected chi connectivity index (χ2v) is 4.71. The van der Waals surface area contributed by atoms with Crippen molar-refractivity contribution < 1.29 is 4.79 Å². The highest BCUT2D eigenvalue weighted by atomic mass is 32.2. The molecule has 1 saturated heterocycles. The lowest BCUT2D eigenvalue weighted by Gasteiger charge is -2.06. The van der Waals surface area contributed by atoms with Crippen molar-refractivity contribution in [1.82, 2.24) is 9.80 Å². The summed E-state index contributed by atoms with van der Waals surface area (Å²) in [7, 11) is 7.71. The Morgan fingerprint density at radius 3 is 2.21 bits per heavy atom. The summed E-state index contributed by atoms with van der Waals surface area (Å²) in [5.41, 5.74) is 0.883. The molecule has 0 aromatic heterocycles. The van der Waals surface area contributed by atoms with Crippen molar-refractivity contribution in [3.63, 3.8) is 0 Å². The first-order valence-electron chi connectivity index (χ1n) is 4.43. The van der Waals surface area contributed by atoms with Crippen LogP contribution >= 0.6 is 11.8 Å². The van der Waals surface area contributed by atoms with E-state index >= 15 is 0 Å². The summed E-state index contributed by atoms with van der Waals surface area (Å²) in [6.45, 7) is 0. The molecular weight excluding hydrogens is 196 g/mol. The fraction of sp³-hybridized carbons (Fsp3) is 0.500. The number of carbonyl (C=O) groups excluding carboxylic acids is 1. The van der Waals surface area contributed by atoms with Gasteiger partial charge in [-0.3, -0.25) is 4.79 Å². The van der Waals surface area contributed by atoms with Gasteiger partial charge in [0.25, 0.3) is 0 Å². The van der Waals surface area contributed by atoms with Gasteiger partial charge in [-0.05, 0) is 0 Å². The molecule has 1 fully saturated rings. The van der Waals surface area contributed by atoms with Gasteiger partial charge < -0.3 is 9.80 Å². The molecule has 0 aromatic carbocycles. The second kappa shape index (κ2) is 4.55. The number of thioether (sulfide) groups is 1. The molecular formula is C10H16N2OS. The average molecular weight is 212 g/mol. The Hall–Kier alpha value is -0.900. The van der Waals surface area contributed by atoms with Gasteiger partial charge in [0, 0.05) is 51.9 Å². The lowest BCUT2D eigenvalue weighted by atomic mass is 10.2. The number of allylic oxidation sites excluding steroid dienone is 1. The van der Waals surface area contributed by atoms with Crippen LogP contribution in [0.3, 0.4) is 0 Å². The quantitative estimate of drug-likeness (QED) is 0.641. The summed E-state index contributed by atoms with van der Waals surface area (Å²) in [5.74, 6) is 0.953. The topological polar surface area (TPSA) is 23.6 Å². The van der Waals surface area contributed by atoms with Crippen LogP contribution in [0.2, 0.25) is 0 Å². The largest absolute Gasteiger partial charge is 0.383 e. The lowest BCUT2D eigenvalue weighted by Crippen LogP contribution is -2.08. The van der Waals surface area contributed by atoms with Crippen molar-refractivity contribution in [1.29, 1.82) is 0 Å². The Kier molecular flexibility index (Phi) is 3.63. The molecule has 3 nitrogen and oxygen atoms in total. The third-order valence-electron chi connectivity index (χ3n) is 1.69. The van der Waals surface area contributed by atoms with E-state index in [1.165, 1.54) is 0 Å². The molecule has 1 rings (SSSR count). The van der Waals surface area contributed by atoms with Crippen molar-refractivity contribution in [2.75, 3.05) is 33.9 Å². The molecule has 0 aromatic rings. The maximum atomic E-state index is 11.8. The molecule has 0 unspecified atom stereocenters. The smallest absolute Gasteiger partial charge is 0.199 e. The number of carbonyl (C=O) groups is 1. The molecule has 1 aliphatic rings. The van der Waals surface area contributed by atoms with Crippen molar-refractivity contribution in [2.24, 2.45) is 0 Å². The first-order valence-corrected chi connectivity index (χ1v) is 5.42. The molecule has 0 radical (unpaired) electrons. The monoisotopic (exact) mass is 212 g/mol. The second-order valence-electron chi connectivity index (χ2n) is 3.69. The third-order valence-corrected chi connectivity index (χ3v) is 2.75. The van der Waals surface area contributed by atoms with Crippen molar-refractivity contribution in [2.45, 2.75) is 0 Å². The zero-order valence-corrected chi connectivity index (χ0v) is 9.89. The zero-order chi connectivity index (χ0) is 10.7. The molecule has 0 aliphatic carbocycles. The molecule has 14 heavy (non-hydrogen) atoms. The van der Waals surface area contributed by atoms with Gasteiger partial charge in [-0.1, -0.05) is 0 Å². The highest BCUT2D eigenvalue weighted by molar-refractivity contribution is 8.04. The molecule has 1 heterocycles. The molecule has 4 heteroatoms. The van der Waals surface area contributed by atoms with Gasteiger partial charge in [-0.2, -0.15) is 0 Å². The van der Waals surface area contributed by atoms with Crippen LogP contribution in [0.5, 0.6) is 0 Å². The first-order chi connectivity index (χ1) is 6.50. The normalized spacial score (nSPS) is 22.1. The summed E-state index contributed by atoms with van der Waals surface area (Å²) in [6, 6.07) is 0. The summed E-state index contributed by atoms with van der Waals surface area (Å²) in [6.07, 6.45) is 3.77. The van der Waals surface area contributed by atoms with E-state index in [0.29, 0.717) is 0 Å². The van der Waals surface area contributed by atoms with Crippen molar-refractivity contribution in [3.8, 4) is 0 Å². The Bertz CT molecular complexity index is 264. The minimum atomic E-state index is 0.164. The van der Waals surface area contributed by atoms with Gasteiger partial charge in [0.2, 0.25) is 0 Å². The molecule has 0 saturated carbocycles. The van der Waals surface area contributed by atoms with E-state index in [-0.39, 0.29) is 5.78 Å². The Labute approximate surface area is 89.4 Å². The van der Waals surface area contributed by atoms with Crippen LogP contribution in [-0.4, -0.2) is 49.5 Å². The maximum absolute atomic E-state index is 11.8. The van der Waals surface area contributed by atoms with Crippen LogP contribution in [0, 0.1) is 0 Å². The maximum Gasteiger partial charge on any atom is 0.199 e. The molecule has 78 valence electrons. The van der Waals surface area contributed by atoms with Gasteiger partial charge in [-0.25, -0.2) is 0 Å². The van der Waals surface area contributed by atoms with E-state index in [4.69, 9.17) is 0 Å². The number of Topliss-reactive ketones (excluding diaryl/α,β-unsaturated/α-hetero) is 1. The van der Waals surface area contributed by atoms with Crippen LogP contribution in [0.1, 0.15) is 0 Å². The summed E-state index contributed by atoms with van der Waals surface area (Å²) < 4.78 is 0. The predicted octanol–water partition coefficient (Wildman–Crippen LogP) is 1.15. The van der Waals surface area contributed by atoms with Crippen molar-refractivity contribution in [3.05, 3.63) is 22.9 Å². The summed E-state index contributed by atoms with van der Waals surface area (Å²) in [5, 5.41) is 0. The summed E-state index contributed by atoms with van der Waals surface area (Å²) >= 11 is 1.60. The van der Waals surface area contributed by atoms with Gasteiger partial charge in [-0.15, -0.1) is 11.8 Å². The van der Waals surface area contributed by atoms with Crippen LogP contribution < -0.4 is 0 Å². The zero-order valence-electron chi connectivity index (χ0n) is 9.07. The summed E-state index contributed by atoms with van der Waals surface area (Å²) in [4.78, 5) is 16.4. The highest BCUT2D eigenvalue weighted by Gasteiger charge is 2.24. The van der Waals surface area contributed by atoms with E-state index in [1.807, 2.05) is 50.4 Å². The highest BCUT2D eigenvalue weighted by Crippen LogP contribution is 2.31. The van der Waals surface area contributed by atoms with E-state index in [2.05, 4.69) is 0 Å². The van der Waals surface area contributed by atoms with E-state index in [9.17, 15) is 4.79 Å². The number of hydrogen-bond donors (Lipinski definition) is 0. The minimum absolute atomic E-state index is 0.164. The van der Waals surface area contributed by atoms with Gasteiger partial charge in [0.1, 0.15) is 0 Å². The third kappa shape index (κ3) is 2.80. The van der Waals surface area contributed by atoms with Crippen LogP contribution in [0.25, 0.3) is 0 Å². The molecule has 0 amide bonds. The van der Waals surface area contributed by atoms with E-state index in [1.54, 1.807) is 11.8 Å². The van der Waals surface area contributed by atoms with Crippen LogP contribution in [-0.2, 0) is 4.79 Å². The van der Waals surface area contributed by atoms with E-state index < -0.39 is 0 Å². The van der Waals surface area contributed by atoms with E-state index in [0.717, 1.165) is 16.2 Å². The number of hydrogen-bond acceptors (Lipinski definition) is 4. The fourth-order valence-electron chi connectivity index (χ4n) is 1.18. The number of nitrogens with zero attached hydrogens (tertiary/aromatic N) is 2. The van der Waals surface area contributed by atoms with Gasteiger partial charge >= 0.3 is 0 Å². The average Bonchev–Trinajstić information content (AvgIpc) is 2.34. The standard InChI is InChI=1S/C10H16N2OS/c1-11(2)5-8-7-14-9(10(8)13)6-12(3)4/h5-6H,7H2,1-4H3/b8-5+,9-6-. The minimum Gasteiger partial charge on any atom is -0.383 e. The first kappa shape index (κ1) is 11.2. The lowest BCUT2D eigenvalue weighted by molar-refractivity contribution is -0.111. The Morgan fingerprint density at radius 2 is 1.71 bits per heavy atom. The molecule has 1 aliphatic heterocycles. The number of ketones is 1. The SMILES string of the molecule is CN(C)/C=C1\CS/C(=C\N(C)C)C1=O.